The summed E-state index contributed by atoms with van der Waals surface area (Å²) in [5.41, 5.74) is 3.73. The van der Waals surface area contributed by atoms with E-state index >= 15 is 0 Å². The zero-order valence-electron chi connectivity index (χ0n) is 14.4. The quantitative estimate of drug-likeness (QED) is 0.710. The van der Waals surface area contributed by atoms with E-state index in [4.69, 9.17) is 4.74 Å². The van der Waals surface area contributed by atoms with Gasteiger partial charge in [-0.2, -0.15) is 0 Å². The van der Waals surface area contributed by atoms with Gasteiger partial charge in [0.25, 0.3) is 0 Å². The number of halogens is 1. The largest absolute Gasteiger partial charge is 0.494 e. The molecule has 1 unspecified atom stereocenters. The average molecular weight is 373 g/mol. The van der Waals surface area contributed by atoms with Gasteiger partial charge >= 0.3 is 6.03 Å². The van der Waals surface area contributed by atoms with Gasteiger partial charge in [0.15, 0.2) is 0 Å². The summed E-state index contributed by atoms with van der Waals surface area (Å²) < 4.78 is 5.64. The lowest BCUT2D eigenvalue weighted by Gasteiger charge is -2.23. The van der Waals surface area contributed by atoms with Gasteiger partial charge in [0.1, 0.15) is 5.75 Å². The number of amides is 2. The predicted molar refractivity (Wildman–Crippen MR) is 104 cm³/mol. The number of imidazole rings is 1. The molecule has 2 N–H and O–H groups in total. The lowest BCUT2D eigenvalue weighted by Crippen LogP contribution is -2.29. The molecule has 136 valence electrons. The highest BCUT2D eigenvalue weighted by Gasteiger charge is 2.33. The summed E-state index contributed by atoms with van der Waals surface area (Å²) in [6, 6.07) is 13.6. The van der Waals surface area contributed by atoms with Gasteiger partial charge in [-0.25, -0.2) is 9.78 Å². The van der Waals surface area contributed by atoms with Crippen molar-refractivity contribution in [1.29, 1.82) is 0 Å². The van der Waals surface area contributed by atoms with Crippen LogP contribution in [0.3, 0.4) is 0 Å². The highest BCUT2D eigenvalue weighted by molar-refractivity contribution is 5.97. The van der Waals surface area contributed by atoms with E-state index < -0.39 is 0 Å². The summed E-state index contributed by atoms with van der Waals surface area (Å²) in [5.74, 6) is 0.855. The van der Waals surface area contributed by atoms with E-state index in [0.29, 0.717) is 13.2 Å². The predicted octanol–water partition coefficient (Wildman–Crippen LogP) is 4.04. The van der Waals surface area contributed by atoms with Crippen LogP contribution in [0.1, 0.15) is 24.9 Å². The molecule has 7 heteroatoms. The van der Waals surface area contributed by atoms with Crippen LogP contribution in [0, 0.1) is 0 Å². The van der Waals surface area contributed by atoms with Crippen LogP contribution in [0.2, 0.25) is 0 Å². The van der Waals surface area contributed by atoms with Crippen molar-refractivity contribution in [1.82, 2.24) is 15.3 Å². The lowest BCUT2D eigenvalue weighted by atomic mass is 10.1. The van der Waals surface area contributed by atoms with Gasteiger partial charge in [0.05, 0.1) is 30.0 Å². The molecular formula is C19H21ClN4O2. The Balaban J connectivity index is 0.00000196. The summed E-state index contributed by atoms with van der Waals surface area (Å²) in [4.78, 5) is 21.5. The third kappa shape index (κ3) is 3.32. The zero-order chi connectivity index (χ0) is 17.2. The van der Waals surface area contributed by atoms with Gasteiger partial charge in [-0.3, -0.25) is 4.90 Å². The third-order valence-electron chi connectivity index (χ3n) is 4.40. The Labute approximate surface area is 158 Å². The van der Waals surface area contributed by atoms with Crippen LogP contribution in [0.5, 0.6) is 5.75 Å². The molecule has 0 spiro atoms. The number of carbonyl (C=O) groups excluding carboxylic acids is 1. The Hall–Kier alpha value is -2.73. The van der Waals surface area contributed by atoms with Gasteiger partial charge in [0, 0.05) is 12.2 Å². The zero-order valence-corrected chi connectivity index (χ0v) is 15.3. The maximum atomic E-state index is 12.4. The number of H-pyrrole nitrogens is 1. The van der Waals surface area contributed by atoms with Crippen molar-refractivity contribution >= 4 is 35.2 Å². The van der Waals surface area contributed by atoms with E-state index in [2.05, 4.69) is 22.2 Å². The number of rotatable bonds is 5. The molecule has 26 heavy (non-hydrogen) atoms. The molecule has 2 aromatic carbocycles. The van der Waals surface area contributed by atoms with Crippen molar-refractivity contribution in [2.75, 3.05) is 18.1 Å². The van der Waals surface area contributed by atoms with E-state index in [1.54, 1.807) is 11.2 Å². The Morgan fingerprint density at radius 1 is 1.23 bits per heavy atom. The van der Waals surface area contributed by atoms with Crippen LogP contribution >= 0.6 is 12.4 Å². The molecule has 0 saturated carbocycles. The van der Waals surface area contributed by atoms with E-state index in [1.807, 2.05) is 42.5 Å². The molecule has 0 bridgehead atoms. The van der Waals surface area contributed by atoms with Crippen LogP contribution in [-0.4, -0.2) is 29.2 Å². The minimum Gasteiger partial charge on any atom is -0.494 e. The second kappa shape index (κ2) is 7.66. The number of fused-ring (bicyclic) bond motifs is 1. The van der Waals surface area contributed by atoms with Gasteiger partial charge in [0.2, 0.25) is 0 Å². The minimum absolute atomic E-state index is 0. The second-order valence-corrected chi connectivity index (χ2v) is 6.09. The molecule has 4 rings (SSSR count). The van der Waals surface area contributed by atoms with Crippen LogP contribution in [0.15, 0.2) is 48.8 Å². The normalized spacial score (nSPS) is 16.4. The Morgan fingerprint density at radius 2 is 2.04 bits per heavy atom. The topological polar surface area (TPSA) is 70.2 Å². The molecule has 1 atom stereocenters. The average Bonchev–Trinajstić information content (AvgIpc) is 3.26. The Bertz CT molecular complexity index is 894. The first-order valence-corrected chi connectivity index (χ1v) is 8.49. The van der Waals surface area contributed by atoms with Crippen LogP contribution in [0.25, 0.3) is 11.0 Å². The molecule has 0 radical (unpaired) electrons. The molecule has 6 nitrogen and oxygen atoms in total. The van der Waals surface area contributed by atoms with E-state index in [0.717, 1.165) is 34.5 Å². The van der Waals surface area contributed by atoms with Gasteiger partial charge in [-0.05, 0) is 42.3 Å². The fraction of sp³-hybridized carbons (Fsp3) is 0.263. The molecule has 1 aromatic heterocycles. The first kappa shape index (κ1) is 18.1. The van der Waals surface area contributed by atoms with E-state index in [9.17, 15) is 4.79 Å². The number of aromatic amines is 1. The number of aromatic nitrogens is 2. The lowest BCUT2D eigenvalue weighted by molar-refractivity contribution is 0.251. The fourth-order valence-electron chi connectivity index (χ4n) is 3.15. The molecule has 2 amide bonds. The molecule has 2 heterocycles. The van der Waals surface area contributed by atoms with Crippen molar-refractivity contribution in [2.24, 2.45) is 0 Å². The Kier molecular flexibility index (Phi) is 5.32. The van der Waals surface area contributed by atoms with E-state index in [-0.39, 0.29) is 24.5 Å². The number of anilines is 1. The molecular weight excluding hydrogens is 352 g/mol. The maximum Gasteiger partial charge on any atom is 0.322 e. The standard InChI is InChI=1S/C19H20N4O2.ClH/c1-2-9-25-15-6-3-13(4-7-15)18-11-20-19(24)23(18)14-5-8-16-17(10-14)22-12-21-16;/h3-8,10,12,18H,2,9,11H2,1H3,(H,20,24)(H,21,22);1H. The van der Waals surface area contributed by atoms with Crippen molar-refractivity contribution in [3.05, 3.63) is 54.4 Å². The Morgan fingerprint density at radius 3 is 2.81 bits per heavy atom. The molecule has 3 aromatic rings. The van der Waals surface area contributed by atoms with E-state index in [1.165, 1.54) is 0 Å². The number of benzene rings is 2. The number of hydrogen-bond acceptors (Lipinski definition) is 3. The second-order valence-electron chi connectivity index (χ2n) is 6.09. The number of hydrogen-bond donors (Lipinski definition) is 2. The van der Waals surface area contributed by atoms with Gasteiger partial charge < -0.3 is 15.0 Å². The highest BCUT2D eigenvalue weighted by Crippen LogP contribution is 2.32. The van der Waals surface area contributed by atoms with Crippen molar-refractivity contribution in [2.45, 2.75) is 19.4 Å². The number of urea groups is 1. The molecule has 0 aliphatic carbocycles. The molecule has 1 fully saturated rings. The highest BCUT2D eigenvalue weighted by atomic mass is 35.5. The number of carbonyl (C=O) groups is 1. The summed E-state index contributed by atoms with van der Waals surface area (Å²) in [6.45, 7) is 3.37. The monoisotopic (exact) mass is 372 g/mol. The summed E-state index contributed by atoms with van der Waals surface area (Å²) in [6.07, 6.45) is 2.64. The van der Waals surface area contributed by atoms with Crippen LogP contribution in [-0.2, 0) is 0 Å². The van der Waals surface area contributed by atoms with Gasteiger partial charge in [-0.15, -0.1) is 12.4 Å². The molecule has 1 saturated heterocycles. The third-order valence-corrected chi connectivity index (χ3v) is 4.40. The number of nitrogens with zero attached hydrogens (tertiary/aromatic N) is 2. The van der Waals surface area contributed by atoms with Crippen molar-refractivity contribution in [3.63, 3.8) is 0 Å². The SMILES string of the molecule is CCCOc1ccc(C2CNC(=O)N2c2ccc3nc[nH]c3c2)cc1.Cl. The fourth-order valence-corrected chi connectivity index (χ4v) is 3.15. The smallest absolute Gasteiger partial charge is 0.322 e. The van der Waals surface area contributed by atoms with Crippen LogP contribution < -0.4 is 15.0 Å². The first-order chi connectivity index (χ1) is 12.3. The van der Waals surface area contributed by atoms with Gasteiger partial charge in [-0.1, -0.05) is 19.1 Å². The number of nitrogens with one attached hydrogen (secondary N) is 2. The minimum atomic E-state index is -0.0878. The summed E-state index contributed by atoms with van der Waals surface area (Å²) in [5, 5.41) is 2.94. The number of ether oxygens (including phenoxy) is 1. The molecule has 1 aliphatic rings. The summed E-state index contributed by atoms with van der Waals surface area (Å²) in [7, 11) is 0. The first-order valence-electron chi connectivity index (χ1n) is 8.49. The van der Waals surface area contributed by atoms with Crippen LogP contribution in [0.4, 0.5) is 10.5 Å². The van der Waals surface area contributed by atoms with Crippen molar-refractivity contribution < 1.29 is 9.53 Å². The van der Waals surface area contributed by atoms with Crippen molar-refractivity contribution in [3.8, 4) is 5.75 Å². The molecule has 1 aliphatic heterocycles. The maximum absolute atomic E-state index is 12.4. The summed E-state index contributed by atoms with van der Waals surface area (Å²) >= 11 is 0.